The fourth-order valence-electron chi connectivity index (χ4n) is 1.80. The molecule has 1 aromatic carbocycles. The van der Waals surface area contributed by atoms with E-state index in [-0.39, 0.29) is 22.3 Å². The molecule has 2 rings (SSSR count). The van der Waals surface area contributed by atoms with Crippen LogP contribution in [0.4, 0.5) is 0 Å². The van der Waals surface area contributed by atoms with Gasteiger partial charge in [0.15, 0.2) is 12.1 Å². The number of ketones is 1. The van der Waals surface area contributed by atoms with Crippen molar-refractivity contribution in [2.24, 2.45) is 0 Å². The molecule has 0 bridgehead atoms. The second kappa shape index (κ2) is 6.33. The first kappa shape index (κ1) is 15.6. The van der Waals surface area contributed by atoms with Crippen molar-refractivity contribution in [1.82, 2.24) is 0 Å². The number of methoxy groups -OCH3 is 1. The van der Waals surface area contributed by atoms with Crippen LogP contribution in [0.3, 0.4) is 0 Å². The van der Waals surface area contributed by atoms with Gasteiger partial charge in [0.25, 0.3) is 0 Å². The maximum atomic E-state index is 12.2. The highest BCUT2D eigenvalue weighted by atomic mass is 35.5. The lowest BCUT2D eigenvalue weighted by atomic mass is 10.0. The Kier molecular flexibility index (Phi) is 4.94. The molecule has 7 heteroatoms. The molecular weight excluding hydrogens is 326 g/mol. The van der Waals surface area contributed by atoms with Gasteiger partial charge in [-0.05, 0) is 18.2 Å². The molecule has 0 radical (unpaired) electrons. The van der Waals surface area contributed by atoms with Crippen molar-refractivity contribution in [3.8, 4) is 5.75 Å². The summed E-state index contributed by atoms with van der Waals surface area (Å²) < 4.78 is 10.1. The number of carbonyl (C=O) groups excluding carboxylic acids is 1. The van der Waals surface area contributed by atoms with Gasteiger partial charge in [0.2, 0.25) is 0 Å². The van der Waals surface area contributed by atoms with Crippen molar-refractivity contribution in [1.29, 1.82) is 0 Å². The molecule has 0 amide bonds. The standard InChI is InChI=1S/C13H11Cl3O4/c1-19-9-4-6(2-3-7(9)14)8(17)5-10-11(15)12(16)13(18)20-10/h2-4,10,13,18H,5H2,1H3/t10-,13+/m0/s1. The number of rotatable bonds is 4. The van der Waals surface area contributed by atoms with Gasteiger partial charge in [-0.1, -0.05) is 34.8 Å². The fraction of sp³-hybridized carbons (Fsp3) is 0.308. The minimum absolute atomic E-state index is 0.0122. The van der Waals surface area contributed by atoms with Crippen molar-refractivity contribution in [3.05, 3.63) is 38.8 Å². The summed E-state index contributed by atoms with van der Waals surface area (Å²) in [6.07, 6.45) is -2.05. The van der Waals surface area contributed by atoms with Crippen LogP contribution in [0.25, 0.3) is 0 Å². The molecule has 2 atom stereocenters. The monoisotopic (exact) mass is 336 g/mol. The molecule has 0 aromatic heterocycles. The molecule has 108 valence electrons. The van der Waals surface area contributed by atoms with E-state index in [0.717, 1.165) is 0 Å². The number of hydrogen-bond donors (Lipinski definition) is 1. The Morgan fingerprint density at radius 3 is 2.60 bits per heavy atom. The molecule has 0 saturated heterocycles. The molecule has 0 spiro atoms. The molecule has 0 aliphatic carbocycles. The molecule has 1 aliphatic heterocycles. The van der Waals surface area contributed by atoms with Gasteiger partial charge in [-0.2, -0.15) is 0 Å². The van der Waals surface area contributed by atoms with Crippen LogP contribution >= 0.6 is 34.8 Å². The number of ether oxygens (including phenoxy) is 2. The van der Waals surface area contributed by atoms with Gasteiger partial charge < -0.3 is 14.6 Å². The summed E-state index contributed by atoms with van der Waals surface area (Å²) in [5, 5.41) is 9.97. The average Bonchev–Trinajstić information content (AvgIpc) is 2.66. The highest BCUT2D eigenvalue weighted by Gasteiger charge is 2.33. The Bertz CT molecular complexity index is 571. The zero-order chi connectivity index (χ0) is 14.9. The second-order valence-electron chi connectivity index (χ2n) is 4.15. The van der Waals surface area contributed by atoms with E-state index in [2.05, 4.69) is 0 Å². The number of halogens is 3. The molecule has 0 fully saturated rings. The number of aliphatic hydroxyl groups is 1. The minimum Gasteiger partial charge on any atom is -0.495 e. The van der Waals surface area contributed by atoms with Gasteiger partial charge in [0.1, 0.15) is 11.9 Å². The van der Waals surface area contributed by atoms with Gasteiger partial charge in [0, 0.05) is 12.0 Å². The first-order valence-electron chi connectivity index (χ1n) is 5.69. The maximum absolute atomic E-state index is 12.2. The third kappa shape index (κ3) is 3.10. The molecule has 1 aromatic rings. The Balaban J connectivity index is 2.14. The Labute approximate surface area is 130 Å². The van der Waals surface area contributed by atoms with Gasteiger partial charge in [-0.25, -0.2) is 0 Å². The molecule has 1 aliphatic rings. The van der Waals surface area contributed by atoms with Crippen LogP contribution in [0.5, 0.6) is 5.75 Å². The van der Waals surface area contributed by atoms with E-state index in [9.17, 15) is 9.90 Å². The van der Waals surface area contributed by atoms with Crippen molar-refractivity contribution >= 4 is 40.6 Å². The third-order valence-corrected chi connectivity index (χ3v) is 4.11. The number of carbonyl (C=O) groups is 1. The predicted octanol–water partition coefficient (Wildman–Crippen LogP) is 3.33. The van der Waals surface area contributed by atoms with E-state index in [1.54, 1.807) is 12.1 Å². The van der Waals surface area contributed by atoms with Crippen LogP contribution in [0, 0.1) is 0 Å². The predicted molar refractivity (Wildman–Crippen MR) is 76.6 cm³/mol. The summed E-state index contributed by atoms with van der Waals surface area (Å²) in [4.78, 5) is 12.2. The van der Waals surface area contributed by atoms with Crippen molar-refractivity contribution in [3.63, 3.8) is 0 Å². The number of Topliss-reactive ketones (excluding diaryl/α,β-unsaturated/α-hetero) is 1. The minimum atomic E-state index is -1.28. The Morgan fingerprint density at radius 1 is 1.35 bits per heavy atom. The summed E-state index contributed by atoms with van der Waals surface area (Å²) in [5.41, 5.74) is 0.414. The van der Waals surface area contributed by atoms with Crippen LogP contribution < -0.4 is 4.74 Å². The maximum Gasteiger partial charge on any atom is 0.193 e. The van der Waals surface area contributed by atoms with E-state index in [0.29, 0.717) is 16.3 Å². The van der Waals surface area contributed by atoms with E-state index in [4.69, 9.17) is 44.3 Å². The molecule has 1 heterocycles. The second-order valence-corrected chi connectivity index (χ2v) is 5.37. The first-order chi connectivity index (χ1) is 9.43. The van der Waals surface area contributed by atoms with Crippen molar-refractivity contribution in [2.75, 3.05) is 7.11 Å². The lowest BCUT2D eigenvalue weighted by Crippen LogP contribution is -2.17. The number of benzene rings is 1. The zero-order valence-corrected chi connectivity index (χ0v) is 12.7. The van der Waals surface area contributed by atoms with Crippen LogP contribution in [0.15, 0.2) is 28.3 Å². The van der Waals surface area contributed by atoms with Gasteiger partial charge >= 0.3 is 0 Å². The molecule has 0 saturated carbocycles. The van der Waals surface area contributed by atoms with Crippen LogP contribution in [0.1, 0.15) is 16.8 Å². The number of aliphatic hydroxyl groups excluding tert-OH is 1. The summed E-state index contributed by atoms with van der Waals surface area (Å²) in [5.74, 6) is 0.186. The highest BCUT2D eigenvalue weighted by molar-refractivity contribution is 6.40. The normalized spacial score (nSPS) is 22.2. The molecule has 20 heavy (non-hydrogen) atoms. The lowest BCUT2D eigenvalue weighted by Gasteiger charge is -2.11. The molecule has 0 unspecified atom stereocenters. The summed E-state index contributed by atoms with van der Waals surface area (Å²) in [7, 11) is 1.46. The summed E-state index contributed by atoms with van der Waals surface area (Å²) in [6.45, 7) is 0. The first-order valence-corrected chi connectivity index (χ1v) is 6.82. The average molecular weight is 338 g/mol. The van der Waals surface area contributed by atoms with Gasteiger partial charge in [-0.15, -0.1) is 0 Å². The Hall–Kier alpha value is -0.780. The van der Waals surface area contributed by atoms with Crippen molar-refractivity contribution in [2.45, 2.75) is 18.8 Å². The topological polar surface area (TPSA) is 55.8 Å². The highest BCUT2D eigenvalue weighted by Crippen LogP contribution is 2.34. The van der Waals surface area contributed by atoms with E-state index in [1.807, 2.05) is 0 Å². The lowest BCUT2D eigenvalue weighted by molar-refractivity contribution is -0.0755. The van der Waals surface area contributed by atoms with Crippen LogP contribution in [0.2, 0.25) is 5.02 Å². The van der Waals surface area contributed by atoms with E-state index in [1.165, 1.54) is 13.2 Å². The summed E-state index contributed by atoms with van der Waals surface area (Å²) >= 11 is 17.5. The van der Waals surface area contributed by atoms with Crippen LogP contribution in [-0.2, 0) is 4.74 Å². The SMILES string of the molecule is COc1cc(C(=O)C[C@@H]2O[C@@H](O)C(Cl)=C2Cl)ccc1Cl. The number of hydrogen-bond acceptors (Lipinski definition) is 4. The smallest absolute Gasteiger partial charge is 0.193 e. The largest absolute Gasteiger partial charge is 0.495 e. The quantitative estimate of drug-likeness (QED) is 0.856. The molecule has 4 nitrogen and oxygen atoms in total. The summed E-state index contributed by atoms with van der Waals surface area (Å²) in [6, 6.07) is 4.69. The molecule has 1 N–H and O–H groups in total. The van der Waals surface area contributed by atoms with E-state index < -0.39 is 12.4 Å². The Morgan fingerprint density at radius 2 is 2.05 bits per heavy atom. The zero-order valence-electron chi connectivity index (χ0n) is 10.4. The van der Waals surface area contributed by atoms with Crippen LogP contribution in [-0.4, -0.2) is 30.4 Å². The fourth-order valence-corrected chi connectivity index (χ4v) is 2.39. The molecular formula is C13H11Cl3O4. The van der Waals surface area contributed by atoms with Gasteiger partial charge in [0.05, 0.1) is 22.2 Å². The third-order valence-electron chi connectivity index (χ3n) is 2.86. The van der Waals surface area contributed by atoms with E-state index >= 15 is 0 Å². The van der Waals surface area contributed by atoms with Gasteiger partial charge in [-0.3, -0.25) is 4.79 Å². The van der Waals surface area contributed by atoms with Crippen molar-refractivity contribution < 1.29 is 19.4 Å².